The molecule has 31 heavy (non-hydrogen) atoms. The van der Waals surface area contributed by atoms with Crippen LogP contribution in [0.4, 0.5) is 0 Å². The van der Waals surface area contributed by atoms with E-state index in [4.69, 9.17) is 16.3 Å². The number of aryl methyl sites for hydroxylation is 2. The lowest BCUT2D eigenvalue weighted by Gasteiger charge is -2.17. The van der Waals surface area contributed by atoms with Gasteiger partial charge < -0.3 is 14.4 Å². The van der Waals surface area contributed by atoms with E-state index in [2.05, 4.69) is 0 Å². The molecular formula is C26H22ClNO3. The second-order valence-corrected chi connectivity index (χ2v) is 7.91. The molecule has 3 aromatic carbocycles. The van der Waals surface area contributed by atoms with Crippen LogP contribution >= 0.6 is 11.6 Å². The van der Waals surface area contributed by atoms with Gasteiger partial charge in [-0.2, -0.15) is 0 Å². The third kappa shape index (κ3) is 4.49. The molecule has 4 aromatic rings. The van der Waals surface area contributed by atoms with E-state index in [1.54, 1.807) is 18.2 Å². The average molecular weight is 432 g/mol. The van der Waals surface area contributed by atoms with Gasteiger partial charge in [0.2, 0.25) is 0 Å². The van der Waals surface area contributed by atoms with Gasteiger partial charge in [0.25, 0.3) is 0 Å². The molecule has 0 fully saturated rings. The maximum Gasteiger partial charge on any atom is 0.335 e. The van der Waals surface area contributed by atoms with Crippen molar-refractivity contribution in [1.82, 2.24) is 4.57 Å². The van der Waals surface area contributed by atoms with Gasteiger partial charge in [0, 0.05) is 22.0 Å². The molecular weight excluding hydrogens is 410 g/mol. The Kier molecular flexibility index (Phi) is 5.83. The molecule has 0 aliphatic heterocycles. The van der Waals surface area contributed by atoms with Crippen LogP contribution in [-0.4, -0.2) is 15.6 Å². The van der Waals surface area contributed by atoms with Crippen LogP contribution in [0.1, 0.15) is 27.2 Å². The minimum absolute atomic E-state index is 0.251. The van der Waals surface area contributed by atoms with Crippen LogP contribution in [0.5, 0.6) is 5.75 Å². The van der Waals surface area contributed by atoms with Crippen molar-refractivity contribution in [2.45, 2.75) is 20.5 Å². The lowest BCUT2D eigenvalue weighted by Crippen LogP contribution is -2.04. The van der Waals surface area contributed by atoms with Gasteiger partial charge in [-0.15, -0.1) is 0 Å². The fraction of sp³-hybridized carbons (Fsp3) is 0.115. The summed E-state index contributed by atoms with van der Waals surface area (Å²) in [5, 5.41) is 10.1. The van der Waals surface area contributed by atoms with Crippen LogP contribution in [0.2, 0.25) is 5.02 Å². The van der Waals surface area contributed by atoms with Gasteiger partial charge in [0.15, 0.2) is 0 Å². The highest BCUT2D eigenvalue weighted by atomic mass is 35.5. The maximum absolute atomic E-state index is 11.6. The first-order valence-electron chi connectivity index (χ1n) is 9.93. The number of aromatic nitrogens is 1. The number of halogens is 1. The molecule has 0 atom stereocenters. The molecule has 5 heteroatoms. The zero-order valence-corrected chi connectivity index (χ0v) is 18.1. The van der Waals surface area contributed by atoms with Crippen molar-refractivity contribution >= 4 is 17.6 Å². The summed E-state index contributed by atoms with van der Waals surface area (Å²) in [6.45, 7) is 4.31. The van der Waals surface area contributed by atoms with E-state index in [-0.39, 0.29) is 5.56 Å². The third-order valence-electron chi connectivity index (χ3n) is 5.10. The molecule has 1 N–H and O–H groups in total. The van der Waals surface area contributed by atoms with Crippen molar-refractivity contribution < 1.29 is 14.6 Å². The average Bonchev–Trinajstić information content (AvgIpc) is 3.14. The summed E-state index contributed by atoms with van der Waals surface area (Å²) in [4.78, 5) is 11.6. The fourth-order valence-corrected chi connectivity index (χ4v) is 3.84. The molecule has 0 radical (unpaired) electrons. The lowest BCUT2D eigenvalue weighted by molar-refractivity contribution is 0.0696. The van der Waals surface area contributed by atoms with E-state index >= 15 is 0 Å². The number of carbonyl (C=O) groups is 1. The number of nitrogens with zero attached hydrogens (tertiary/aromatic N) is 1. The Morgan fingerprint density at radius 3 is 2.48 bits per heavy atom. The van der Waals surface area contributed by atoms with Gasteiger partial charge >= 0.3 is 5.97 Å². The van der Waals surface area contributed by atoms with Crippen molar-refractivity contribution in [3.05, 3.63) is 106 Å². The van der Waals surface area contributed by atoms with E-state index in [1.165, 1.54) is 0 Å². The van der Waals surface area contributed by atoms with Crippen molar-refractivity contribution in [2.24, 2.45) is 0 Å². The SMILES string of the molecule is Cc1cc(C(=O)O)cc(-n2c(C)ccc2-c2cc(Cl)ccc2OCc2ccccc2)c1. The molecule has 0 spiro atoms. The largest absolute Gasteiger partial charge is 0.488 e. The molecule has 0 bridgehead atoms. The van der Waals surface area contributed by atoms with Gasteiger partial charge in [-0.05, 0) is 73.5 Å². The maximum atomic E-state index is 11.6. The van der Waals surface area contributed by atoms with Crippen molar-refractivity contribution in [3.63, 3.8) is 0 Å². The number of carboxylic acid groups (broad SMARTS) is 1. The minimum Gasteiger partial charge on any atom is -0.488 e. The van der Waals surface area contributed by atoms with E-state index < -0.39 is 5.97 Å². The molecule has 1 aromatic heterocycles. The molecule has 1 heterocycles. The second kappa shape index (κ2) is 8.70. The van der Waals surface area contributed by atoms with E-state index in [1.807, 2.05) is 79.1 Å². The van der Waals surface area contributed by atoms with Crippen LogP contribution < -0.4 is 4.74 Å². The number of benzene rings is 3. The van der Waals surface area contributed by atoms with Crippen LogP contribution in [0.15, 0.2) is 78.9 Å². The monoisotopic (exact) mass is 431 g/mol. The van der Waals surface area contributed by atoms with E-state index in [0.29, 0.717) is 17.4 Å². The molecule has 0 aliphatic rings. The Bertz CT molecular complexity index is 1250. The van der Waals surface area contributed by atoms with Gasteiger partial charge in [-0.25, -0.2) is 4.79 Å². The summed E-state index contributed by atoms with van der Waals surface area (Å²) in [7, 11) is 0. The van der Waals surface area contributed by atoms with Crippen molar-refractivity contribution in [2.75, 3.05) is 0 Å². The summed E-state index contributed by atoms with van der Waals surface area (Å²) in [6.07, 6.45) is 0. The van der Waals surface area contributed by atoms with Crippen LogP contribution in [0, 0.1) is 13.8 Å². The second-order valence-electron chi connectivity index (χ2n) is 7.47. The van der Waals surface area contributed by atoms with E-state index in [9.17, 15) is 9.90 Å². The standard InChI is InChI=1S/C26H22ClNO3/c1-17-12-20(26(29)30)14-22(13-17)28-18(2)8-10-24(28)23-15-21(27)9-11-25(23)31-16-19-6-4-3-5-7-19/h3-15H,16H2,1-2H3,(H,29,30). The first-order chi connectivity index (χ1) is 14.9. The Hall–Kier alpha value is -3.50. The molecule has 0 aliphatic carbocycles. The highest BCUT2D eigenvalue weighted by Gasteiger charge is 2.16. The molecule has 156 valence electrons. The van der Waals surface area contributed by atoms with Crippen LogP contribution in [0.3, 0.4) is 0 Å². The van der Waals surface area contributed by atoms with E-state index in [0.717, 1.165) is 33.8 Å². The smallest absolute Gasteiger partial charge is 0.335 e. The van der Waals surface area contributed by atoms with Gasteiger partial charge in [-0.1, -0.05) is 41.9 Å². The lowest BCUT2D eigenvalue weighted by atomic mass is 10.1. The Labute approximate surface area is 186 Å². The van der Waals surface area contributed by atoms with Gasteiger partial charge in [0.05, 0.1) is 11.3 Å². The predicted molar refractivity (Wildman–Crippen MR) is 123 cm³/mol. The Morgan fingerprint density at radius 2 is 1.74 bits per heavy atom. The summed E-state index contributed by atoms with van der Waals surface area (Å²) in [6, 6.07) is 24.8. The van der Waals surface area contributed by atoms with Crippen molar-refractivity contribution in [3.8, 4) is 22.7 Å². The first kappa shape index (κ1) is 20.8. The normalized spacial score (nSPS) is 10.8. The minimum atomic E-state index is -0.953. The topological polar surface area (TPSA) is 51.5 Å². The van der Waals surface area contributed by atoms with Gasteiger partial charge in [-0.3, -0.25) is 0 Å². The molecule has 4 rings (SSSR count). The van der Waals surface area contributed by atoms with Crippen molar-refractivity contribution in [1.29, 1.82) is 0 Å². The number of hydrogen-bond donors (Lipinski definition) is 1. The molecule has 0 amide bonds. The number of aromatic carboxylic acids is 1. The van der Waals surface area contributed by atoms with Crippen LogP contribution in [0.25, 0.3) is 16.9 Å². The predicted octanol–water partition coefficient (Wildman–Crippen LogP) is 6.69. The number of hydrogen-bond acceptors (Lipinski definition) is 2. The summed E-state index contributed by atoms with van der Waals surface area (Å²) < 4.78 is 8.18. The zero-order chi connectivity index (χ0) is 22.0. The summed E-state index contributed by atoms with van der Waals surface area (Å²) in [5.74, 6) is -0.246. The number of ether oxygens (including phenoxy) is 1. The molecule has 0 unspecified atom stereocenters. The fourth-order valence-electron chi connectivity index (χ4n) is 3.67. The number of rotatable bonds is 6. The summed E-state index contributed by atoms with van der Waals surface area (Å²) >= 11 is 6.34. The highest BCUT2D eigenvalue weighted by Crippen LogP contribution is 2.36. The van der Waals surface area contributed by atoms with Crippen LogP contribution in [-0.2, 0) is 6.61 Å². The van der Waals surface area contributed by atoms with Gasteiger partial charge in [0.1, 0.15) is 12.4 Å². The molecule has 0 saturated carbocycles. The Balaban J connectivity index is 1.80. The Morgan fingerprint density at radius 1 is 0.968 bits per heavy atom. The third-order valence-corrected chi connectivity index (χ3v) is 5.33. The molecule has 0 saturated heterocycles. The first-order valence-corrected chi connectivity index (χ1v) is 10.3. The number of carboxylic acids is 1. The molecule has 4 nitrogen and oxygen atoms in total. The summed E-state index contributed by atoms with van der Waals surface area (Å²) in [5.41, 5.74) is 5.68. The highest BCUT2D eigenvalue weighted by molar-refractivity contribution is 6.31. The zero-order valence-electron chi connectivity index (χ0n) is 17.3. The quantitative estimate of drug-likeness (QED) is 0.370.